The molecule has 2 aromatic rings. The van der Waals surface area contributed by atoms with E-state index in [4.69, 9.17) is 5.73 Å². The normalized spacial score (nSPS) is 11.2. The quantitative estimate of drug-likeness (QED) is 0.718. The molecule has 0 bridgehead atoms. The minimum Gasteiger partial charge on any atom is -0.397 e. The maximum atomic E-state index is 6.02. The Morgan fingerprint density at radius 3 is 2.73 bits per heavy atom. The Morgan fingerprint density at radius 2 is 2.07 bits per heavy atom. The molecule has 78 valence electrons. The molecular weight excluding hydrogens is 184 g/mol. The van der Waals surface area contributed by atoms with Crippen LogP contribution in [-0.2, 0) is 0 Å². The molecule has 2 rings (SSSR count). The van der Waals surface area contributed by atoms with Crippen LogP contribution in [-0.4, -0.2) is 4.98 Å². The summed E-state index contributed by atoms with van der Waals surface area (Å²) in [5.41, 5.74) is 10.2. The predicted octanol–water partition coefficient (Wildman–Crippen LogP) is 3.25. The van der Waals surface area contributed by atoms with Crippen LogP contribution in [0, 0.1) is 6.92 Å². The number of hydrogen-bond acceptors (Lipinski definition) is 2. The summed E-state index contributed by atoms with van der Waals surface area (Å²) >= 11 is 0. The molecule has 2 heteroatoms. The fourth-order valence-electron chi connectivity index (χ4n) is 1.91. The average Bonchev–Trinajstić information content (AvgIpc) is 2.23. The first-order valence-corrected chi connectivity index (χ1v) is 5.25. The van der Waals surface area contributed by atoms with Gasteiger partial charge in [0.1, 0.15) is 0 Å². The number of rotatable bonds is 1. The van der Waals surface area contributed by atoms with Crippen LogP contribution in [0.4, 0.5) is 5.69 Å². The van der Waals surface area contributed by atoms with Gasteiger partial charge in [-0.1, -0.05) is 26.0 Å². The highest BCUT2D eigenvalue weighted by Gasteiger charge is 2.10. The van der Waals surface area contributed by atoms with Gasteiger partial charge in [-0.15, -0.1) is 0 Å². The van der Waals surface area contributed by atoms with Crippen molar-refractivity contribution in [3.05, 3.63) is 35.5 Å². The predicted molar refractivity (Wildman–Crippen MR) is 65.0 cm³/mol. The number of fused-ring (bicyclic) bond motifs is 1. The molecule has 15 heavy (non-hydrogen) atoms. The molecule has 0 amide bonds. The van der Waals surface area contributed by atoms with E-state index >= 15 is 0 Å². The largest absolute Gasteiger partial charge is 0.397 e. The Bertz CT molecular complexity index is 501. The highest BCUT2D eigenvalue weighted by molar-refractivity contribution is 5.93. The van der Waals surface area contributed by atoms with E-state index in [1.165, 1.54) is 10.9 Å². The van der Waals surface area contributed by atoms with Gasteiger partial charge in [0.15, 0.2) is 0 Å². The van der Waals surface area contributed by atoms with Crippen molar-refractivity contribution in [1.29, 1.82) is 0 Å². The van der Waals surface area contributed by atoms with Crippen LogP contribution < -0.4 is 5.73 Å². The van der Waals surface area contributed by atoms with Gasteiger partial charge < -0.3 is 5.73 Å². The molecule has 0 saturated heterocycles. The van der Waals surface area contributed by atoms with Crippen molar-refractivity contribution >= 4 is 16.6 Å². The smallest absolute Gasteiger partial charge is 0.0936 e. The summed E-state index contributed by atoms with van der Waals surface area (Å²) in [7, 11) is 0. The lowest BCUT2D eigenvalue weighted by molar-refractivity contribution is 0.874. The number of anilines is 1. The summed E-state index contributed by atoms with van der Waals surface area (Å²) in [6.07, 6.45) is 1.79. The Hall–Kier alpha value is -1.57. The van der Waals surface area contributed by atoms with E-state index in [0.717, 1.165) is 16.8 Å². The number of hydrogen-bond donors (Lipinski definition) is 1. The topological polar surface area (TPSA) is 38.9 Å². The number of nitrogens with two attached hydrogens (primary N) is 1. The van der Waals surface area contributed by atoms with E-state index in [2.05, 4.69) is 31.0 Å². The van der Waals surface area contributed by atoms with Crippen molar-refractivity contribution in [3.63, 3.8) is 0 Å². The maximum absolute atomic E-state index is 6.02. The van der Waals surface area contributed by atoms with Gasteiger partial charge in [-0.3, -0.25) is 4.98 Å². The summed E-state index contributed by atoms with van der Waals surface area (Å²) in [5, 5.41) is 1.18. The Balaban J connectivity index is 2.88. The zero-order valence-corrected chi connectivity index (χ0v) is 9.41. The molecule has 0 saturated carbocycles. The first-order chi connectivity index (χ1) is 7.11. The Kier molecular flexibility index (Phi) is 2.35. The number of pyridine rings is 1. The zero-order valence-electron chi connectivity index (χ0n) is 9.41. The van der Waals surface area contributed by atoms with Crippen molar-refractivity contribution in [2.75, 3.05) is 5.73 Å². The third-order valence-corrected chi connectivity index (χ3v) is 2.79. The number of aromatic nitrogens is 1. The summed E-state index contributed by atoms with van der Waals surface area (Å²) in [5.74, 6) is 0.496. The lowest BCUT2D eigenvalue weighted by Gasteiger charge is -2.13. The molecule has 0 atom stereocenters. The van der Waals surface area contributed by atoms with Crippen molar-refractivity contribution in [2.45, 2.75) is 26.7 Å². The average molecular weight is 200 g/mol. The van der Waals surface area contributed by atoms with Crippen molar-refractivity contribution in [3.8, 4) is 0 Å². The monoisotopic (exact) mass is 200 g/mol. The Morgan fingerprint density at radius 1 is 1.33 bits per heavy atom. The van der Waals surface area contributed by atoms with Crippen LogP contribution in [0.2, 0.25) is 0 Å². The lowest BCUT2D eigenvalue weighted by atomic mass is 9.95. The van der Waals surface area contributed by atoms with E-state index in [0.29, 0.717) is 5.92 Å². The van der Waals surface area contributed by atoms with Gasteiger partial charge in [0, 0.05) is 11.6 Å². The molecule has 0 radical (unpaired) electrons. The van der Waals surface area contributed by atoms with Gasteiger partial charge in [-0.05, 0) is 30.0 Å². The fourth-order valence-corrected chi connectivity index (χ4v) is 1.91. The Labute approximate surface area is 90.1 Å². The van der Waals surface area contributed by atoms with Crippen LogP contribution >= 0.6 is 0 Å². The van der Waals surface area contributed by atoms with Crippen molar-refractivity contribution in [1.82, 2.24) is 4.98 Å². The number of benzene rings is 1. The van der Waals surface area contributed by atoms with E-state index < -0.39 is 0 Å². The summed E-state index contributed by atoms with van der Waals surface area (Å²) in [4.78, 5) is 4.36. The van der Waals surface area contributed by atoms with Gasteiger partial charge in [0.05, 0.1) is 11.2 Å². The SMILES string of the molecule is Cc1cc(C(C)C)c2cccnc2c1N. The van der Waals surface area contributed by atoms with E-state index in [9.17, 15) is 0 Å². The fraction of sp³-hybridized carbons (Fsp3) is 0.308. The van der Waals surface area contributed by atoms with Gasteiger partial charge >= 0.3 is 0 Å². The highest BCUT2D eigenvalue weighted by Crippen LogP contribution is 2.30. The highest BCUT2D eigenvalue weighted by atomic mass is 14.7. The molecule has 1 heterocycles. The molecule has 0 fully saturated rings. The first kappa shape index (κ1) is 9.97. The maximum Gasteiger partial charge on any atom is 0.0936 e. The molecule has 2 N–H and O–H groups in total. The lowest BCUT2D eigenvalue weighted by Crippen LogP contribution is -1.98. The molecule has 0 spiro atoms. The third kappa shape index (κ3) is 1.56. The molecule has 1 aromatic heterocycles. The molecule has 0 aliphatic carbocycles. The van der Waals surface area contributed by atoms with Gasteiger partial charge in [-0.2, -0.15) is 0 Å². The minimum atomic E-state index is 0.496. The summed E-state index contributed by atoms with van der Waals surface area (Å²) in [6.45, 7) is 6.42. The van der Waals surface area contributed by atoms with E-state index in [1.807, 2.05) is 13.0 Å². The van der Waals surface area contributed by atoms with Gasteiger partial charge in [0.25, 0.3) is 0 Å². The van der Waals surface area contributed by atoms with Gasteiger partial charge in [0.2, 0.25) is 0 Å². The van der Waals surface area contributed by atoms with Crippen LogP contribution in [0.25, 0.3) is 10.9 Å². The van der Waals surface area contributed by atoms with Gasteiger partial charge in [-0.25, -0.2) is 0 Å². The molecular formula is C13H16N2. The second-order valence-corrected chi connectivity index (χ2v) is 4.25. The first-order valence-electron chi connectivity index (χ1n) is 5.25. The van der Waals surface area contributed by atoms with Crippen molar-refractivity contribution in [2.24, 2.45) is 0 Å². The van der Waals surface area contributed by atoms with Crippen LogP contribution in [0.1, 0.15) is 30.9 Å². The molecule has 0 aliphatic rings. The number of nitrogens with zero attached hydrogens (tertiary/aromatic N) is 1. The van der Waals surface area contributed by atoms with Crippen LogP contribution in [0.5, 0.6) is 0 Å². The number of nitrogen functional groups attached to an aromatic ring is 1. The number of aryl methyl sites for hydroxylation is 1. The standard InChI is InChI=1S/C13H16N2/c1-8(2)11-7-9(3)12(14)13-10(11)5-4-6-15-13/h4-8H,14H2,1-3H3. The molecule has 1 aromatic carbocycles. The molecule has 0 unspecified atom stereocenters. The van der Waals surface area contributed by atoms with E-state index in [1.54, 1.807) is 6.20 Å². The minimum absolute atomic E-state index is 0.496. The summed E-state index contributed by atoms with van der Waals surface area (Å²) in [6, 6.07) is 6.22. The zero-order chi connectivity index (χ0) is 11.0. The second kappa shape index (κ2) is 3.54. The second-order valence-electron chi connectivity index (χ2n) is 4.25. The van der Waals surface area contributed by atoms with E-state index in [-0.39, 0.29) is 0 Å². The molecule has 2 nitrogen and oxygen atoms in total. The van der Waals surface area contributed by atoms with Crippen molar-refractivity contribution < 1.29 is 0 Å². The third-order valence-electron chi connectivity index (χ3n) is 2.79. The van der Waals surface area contributed by atoms with Crippen LogP contribution in [0.3, 0.4) is 0 Å². The molecule has 0 aliphatic heterocycles. The summed E-state index contributed by atoms with van der Waals surface area (Å²) < 4.78 is 0. The van der Waals surface area contributed by atoms with Crippen LogP contribution in [0.15, 0.2) is 24.4 Å².